The Morgan fingerprint density at radius 1 is 1.25 bits per heavy atom. The van der Waals surface area contributed by atoms with E-state index in [-0.39, 0.29) is 10.9 Å². The van der Waals surface area contributed by atoms with Crippen LogP contribution in [0.4, 0.5) is 5.69 Å². The van der Waals surface area contributed by atoms with Crippen molar-refractivity contribution in [2.45, 2.75) is 0 Å². The molecular formula is C13H8BrN3O2S. The fraction of sp³-hybridized carbons (Fsp3) is 0. The molecule has 20 heavy (non-hydrogen) atoms. The molecule has 0 aliphatic rings. The highest BCUT2D eigenvalue weighted by molar-refractivity contribution is 9.10. The van der Waals surface area contributed by atoms with Crippen LogP contribution in [0.5, 0.6) is 0 Å². The molecule has 2 aromatic rings. The molecule has 0 saturated heterocycles. The van der Waals surface area contributed by atoms with Gasteiger partial charge < -0.3 is 9.73 Å². The van der Waals surface area contributed by atoms with E-state index in [1.54, 1.807) is 30.3 Å². The van der Waals surface area contributed by atoms with Gasteiger partial charge in [0.1, 0.15) is 0 Å². The summed E-state index contributed by atoms with van der Waals surface area (Å²) in [7, 11) is 0. The number of hydrogen-bond donors (Lipinski definition) is 2. The van der Waals surface area contributed by atoms with E-state index in [4.69, 9.17) is 21.9 Å². The van der Waals surface area contributed by atoms with Crippen LogP contribution in [0.25, 0.3) is 0 Å². The molecule has 2 rings (SSSR count). The maximum absolute atomic E-state index is 11.8. The number of halogens is 1. The van der Waals surface area contributed by atoms with Gasteiger partial charge in [-0.25, -0.2) is 0 Å². The first-order valence-corrected chi connectivity index (χ1v) is 6.66. The van der Waals surface area contributed by atoms with Gasteiger partial charge >= 0.3 is 0 Å². The van der Waals surface area contributed by atoms with Gasteiger partial charge in [0.25, 0.3) is 5.91 Å². The number of furan rings is 1. The standard InChI is InChI=1S/C13H8BrN3O2S/c14-11-6-5-10(19-11)12(18)17-13(20)16-9-3-1-8(7-15)2-4-9/h1-6H,(H2,16,17,18,20). The molecule has 7 heteroatoms. The number of hydrogen-bond acceptors (Lipinski definition) is 4. The first-order chi connectivity index (χ1) is 9.58. The van der Waals surface area contributed by atoms with Gasteiger partial charge in [0.2, 0.25) is 0 Å². The van der Waals surface area contributed by atoms with Crippen LogP contribution in [0.2, 0.25) is 0 Å². The van der Waals surface area contributed by atoms with E-state index in [1.807, 2.05) is 6.07 Å². The quantitative estimate of drug-likeness (QED) is 0.814. The first-order valence-electron chi connectivity index (χ1n) is 5.46. The summed E-state index contributed by atoms with van der Waals surface area (Å²) in [6.07, 6.45) is 0. The Bertz CT molecular complexity index is 688. The van der Waals surface area contributed by atoms with Gasteiger partial charge in [-0.3, -0.25) is 10.1 Å². The maximum Gasteiger partial charge on any atom is 0.293 e. The number of benzene rings is 1. The highest BCUT2D eigenvalue weighted by atomic mass is 79.9. The lowest BCUT2D eigenvalue weighted by Gasteiger charge is -2.08. The Balaban J connectivity index is 1.95. The van der Waals surface area contributed by atoms with Crippen molar-refractivity contribution in [2.75, 3.05) is 5.32 Å². The third-order valence-electron chi connectivity index (χ3n) is 2.30. The van der Waals surface area contributed by atoms with Gasteiger partial charge in [-0.15, -0.1) is 0 Å². The minimum atomic E-state index is -0.443. The van der Waals surface area contributed by atoms with Crippen LogP contribution in [0.3, 0.4) is 0 Å². The molecule has 2 N–H and O–H groups in total. The van der Waals surface area contributed by atoms with Crippen LogP contribution in [0.15, 0.2) is 45.5 Å². The summed E-state index contributed by atoms with van der Waals surface area (Å²) in [5, 5.41) is 14.2. The maximum atomic E-state index is 11.8. The molecular weight excluding hydrogens is 342 g/mol. The molecule has 1 amide bonds. The number of amides is 1. The van der Waals surface area contributed by atoms with Gasteiger partial charge in [0.05, 0.1) is 11.6 Å². The zero-order valence-corrected chi connectivity index (χ0v) is 12.4. The summed E-state index contributed by atoms with van der Waals surface area (Å²) in [6.45, 7) is 0. The van der Waals surface area contributed by atoms with E-state index in [0.29, 0.717) is 15.9 Å². The molecule has 5 nitrogen and oxygen atoms in total. The second kappa shape index (κ2) is 6.32. The summed E-state index contributed by atoms with van der Waals surface area (Å²) < 4.78 is 5.57. The van der Waals surface area contributed by atoms with Crippen molar-refractivity contribution < 1.29 is 9.21 Å². The van der Waals surface area contributed by atoms with Crippen LogP contribution in [0.1, 0.15) is 16.1 Å². The Kier molecular flexibility index (Phi) is 4.50. The molecule has 0 atom stereocenters. The predicted molar refractivity (Wildman–Crippen MR) is 81.3 cm³/mol. The van der Waals surface area contributed by atoms with Crippen molar-refractivity contribution >= 4 is 44.9 Å². The van der Waals surface area contributed by atoms with Crippen molar-refractivity contribution in [1.82, 2.24) is 5.32 Å². The molecule has 100 valence electrons. The number of thiocarbonyl (C=S) groups is 1. The van der Waals surface area contributed by atoms with Crippen LogP contribution >= 0.6 is 28.1 Å². The van der Waals surface area contributed by atoms with Crippen LogP contribution < -0.4 is 10.6 Å². The monoisotopic (exact) mass is 349 g/mol. The topological polar surface area (TPSA) is 78.1 Å². The fourth-order valence-corrected chi connectivity index (χ4v) is 1.91. The molecule has 0 unspecified atom stereocenters. The lowest BCUT2D eigenvalue weighted by molar-refractivity contribution is 0.0949. The normalized spacial score (nSPS) is 9.60. The van der Waals surface area contributed by atoms with E-state index in [2.05, 4.69) is 26.6 Å². The average Bonchev–Trinajstić information content (AvgIpc) is 2.86. The van der Waals surface area contributed by atoms with Crippen molar-refractivity contribution in [3.05, 3.63) is 52.4 Å². The summed E-state index contributed by atoms with van der Waals surface area (Å²) in [5.74, 6) is -0.289. The van der Waals surface area contributed by atoms with E-state index in [9.17, 15) is 4.79 Å². The molecule has 0 radical (unpaired) electrons. The molecule has 1 heterocycles. The zero-order chi connectivity index (χ0) is 14.5. The fourth-order valence-electron chi connectivity index (χ4n) is 1.39. The van der Waals surface area contributed by atoms with E-state index in [0.717, 1.165) is 0 Å². The first kappa shape index (κ1) is 14.2. The molecule has 1 aromatic heterocycles. The Morgan fingerprint density at radius 2 is 1.95 bits per heavy atom. The van der Waals surface area contributed by atoms with E-state index in [1.165, 1.54) is 6.07 Å². The van der Waals surface area contributed by atoms with Crippen LogP contribution in [-0.2, 0) is 0 Å². The third-order valence-corrected chi connectivity index (χ3v) is 2.93. The largest absolute Gasteiger partial charge is 0.444 e. The molecule has 0 saturated carbocycles. The van der Waals surface area contributed by atoms with Gasteiger partial charge in [-0.2, -0.15) is 5.26 Å². The van der Waals surface area contributed by atoms with Crippen molar-refractivity contribution in [2.24, 2.45) is 0 Å². The van der Waals surface area contributed by atoms with Gasteiger partial charge in [-0.05, 0) is 64.5 Å². The van der Waals surface area contributed by atoms with Crippen molar-refractivity contribution in [1.29, 1.82) is 5.26 Å². The number of nitriles is 1. The summed E-state index contributed by atoms with van der Waals surface area (Å²) in [6, 6.07) is 11.9. The highest BCUT2D eigenvalue weighted by Gasteiger charge is 2.11. The summed E-state index contributed by atoms with van der Waals surface area (Å²) in [5.41, 5.74) is 1.22. The SMILES string of the molecule is N#Cc1ccc(NC(=S)NC(=O)c2ccc(Br)o2)cc1. The Morgan fingerprint density at radius 3 is 2.50 bits per heavy atom. The smallest absolute Gasteiger partial charge is 0.293 e. The van der Waals surface area contributed by atoms with Gasteiger partial charge in [-0.1, -0.05) is 0 Å². The van der Waals surface area contributed by atoms with Gasteiger partial charge in [0, 0.05) is 5.69 Å². The summed E-state index contributed by atoms with van der Waals surface area (Å²) >= 11 is 8.13. The summed E-state index contributed by atoms with van der Waals surface area (Å²) in [4.78, 5) is 11.8. The second-order valence-corrected chi connectivity index (χ2v) is 4.89. The lowest BCUT2D eigenvalue weighted by atomic mass is 10.2. The minimum Gasteiger partial charge on any atom is -0.444 e. The Labute approximate surface area is 128 Å². The lowest BCUT2D eigenvalue weighted by Crippen LogP contribution is -2.33. The van der Waals surface area contributed by atoms with Crippen molar-refractivity contribution in [3.8, 4) is 6.07 Å². The number of carbonyl (C=O) groups excluding carboxylic acids is 1. The minimum absolute atomic E-state index is 0.146. The zero-order valence-electron chi connectivity index (χ0n) is 10.0. The number of nitrogens with zero attached hydrogens (tertiary/aromatic N) is 1. The molecule has 0 bridgehead atoms. The van der Waals surface area contributed by atoms with E-state index < -0.39 is 5.91 Å². The van der Waals surface area contributed by atoms with Gasteiger partial charge in [0.15, 0.2) is 15.5 Å². The average molecular weight is 350 g/mol. The molecule has 0 aliphatic heterocycles. The predicted octanol–water partition coefficient (Wildman–Crippen LogP) is 3.04. The Hall–Kier alpha value is -2.17. The molecule has 0 aliphatic carbocycles. The molecule has 0 fully saturated rings. The highest BCUT2D eigenvalue weighted by Crippen LogP contribution is 2.14. The van der Waals surface area contributed by atoms with E-state index >= 15 is 0 Å². The van der Waals surface area contributed by atoms with Crippen LogP contribution in [0, 0.1) is 11.3 Å². The number of rotatable bonds is 2. The van der Waals surface area contributed by atoms with Crippen LogP contribution in [-0.4, -0.2) is 11.0 Å². The molecule has 0 spiro atoms. The molecule has 1 aromatic carbocycles. The number of anilines is 1. The number of nitrogens with one attached hydrogen (secondary N) is 2. The number of carbonyl (C=O) groups is 1. The second-order valence-electron chi connectivity index (χ2n) is 3.70. The van der Waals surface area contributed by atoms with Crippen molar-refractivity contribution in [3.63, 3.8) is 0 Å². The third kappa shape index (κ3) is 3.66.